The van der Waals surface area contributed by atoms with Gasteiger partial charge in [0.2, 0.25) is 0 Å². The van der Waals surface area contributed by atoms with Crippen LogP contribution < -0.4 is 4.74 Å². The van der Waals surface area contributed by atoms with Gasteiger partial charge in [-0.05, 0) is 68.0 Å². The van der Waals surface area contributed by atoms with Gasteiger partial charge in [0.05, 0.1) is 12.1 Å². The molecule has 1 aliphatic carbocycles. The molecule has 2 aliphatic rings. The highest BCUT2D eigenvalue weighted by molar-refractivity contribution is 8.03. The van der Waals surface area contributed by atoms with E-state index in [9.17, 15) is 9.90 Å². The van der Waals surface area contributed by atoms with Crippen LogP contribution in [0.2, 0.25) is 5.02 Å². The SMILES string of the molecule is CCn1cnnc1SC1=C(O)CC(CCc2ccc(OC)c(Cl)c2)(C2CCCC2)OC1=O. The number of ether oxygens (including phenoxy) is 2. The van der Waals surface area contributed by atoms with Gasteiger partial charge in [0.15, 0.2) is 5.16 Å². The molecule has 1 aromatic carbocycles. The highest BCUT2D eigenvalue weighted by Gasteiger charge is 2.48. The molecule has 1 aromatic heterocycles. The molecule has 0 radical (unpaired) electrons. The number of aryl methyl sites for hydroxylation is 2. The quantitative estimate of drug-likeness (QED) is 0.514. The topological polar surface area (TPSA) is 86.5 Å². The number of thioether (sulfide) groups is 1. The van der Waals surface area contributed by atoms with Crippen LogP contribution in [0.3, 0.4) is 0 Å². The molecule has 1 saturated carbocycles. The Balaban J connectivity index is 1.57. The largest absolute Gasteiger partial charge is 0.511 e. The number of esters is 1. The van der Waals surface area contributed by atoms with E-state index in [-0.39, 0.29) is 16.6 Å². The van der Waals surface area contributed by atoms with Gasteiger partial charge in [-0.25, -0.2) is 4.79 Å². The van der Waals surface area contributed by atoms with Crippen molar-refractivity contribution in [3.8, 4) is 5.75 Å². The van der Waals surface area contributed by atoms with Gasteiger partial charge in [0, 0.05) is 13.0 Å². The molecule has 0 saturated heterocycles. The zero-order valence-electron chi connectivity index (χ0n) is 18.3. The lowest BCUT2D eigenvalue weighted by Crippen LogP contribution is -2.45. The van der Waals surface area contributed by atoms with Crippen LogP contribution in [0.5, 0.6) is 5.75 Å². The number of carbonyl (C=O) groups is 1. The number of aliphatic hydroxyl groups is 1. The second-order valence-electron chi connectivity index (χ2n) is 8.36. The van der Waals surface area contributed by atoms with Gasteiger partial charge in [0.1, 0.15) is 28.3 Å². The third kappa shape index (κ3) is 4.62. The predicted octanol–water partition coefficient (Wildman–Crippen LogP) is 5.33. The molecule has 0 bridgehead atoms. The second kappa shape index (κ2) is 9.75. The van der Waals surface area contributed by atoms with Gasteiger partial charge in [0.25, 0.3) is 0 Å². The average molecular weight is 478 g/mol. The summed E-state index contributed by atoms with van der Waals surface area (Å²) in [6.07, 6.45) is 7.46. The van der Waals surface area contributed by atoms with E-state index in [2.05, 4.69) is 10.2 Å². The minimum Gasteiger partial charge on any atom is -0.511 e. The van der Waals surface area contributed by atoms with E-state index < -0.39 is 11.6 Å². The Bertz CT molecular complexity index is 1020. The van der Waals surface area contributed by atoms with E-state index >= 15 is 0 Å². The summed E-state index contributed by atoms with van der Waals surface area (Å²) in [7, 11) is 1.59. The van der Waals surface area contributed by atoms with E-state index in [1.807, 2.05) is 29.7 Å². The van der Waals surface area contributed by atoms with Crippen LogP contribution in [-0.4, -0.2) is 38.6 Å². The van der Waals surface area contributed by atoms with Crippen LogP contribution in [0.1, 0.15) is 51.0 Å². The Morgan fingerprint density at radius 1 is 1.38 bits per heavy atom. The van der Waals surface area contributed by atoms with Crippen molar-refractivity contribution in [2.75, 3.05) is 7.11 Å². The maximum atomic E-state index is 13.1. The third-order valence-corrected chi connectivity index (χ3v) is 7.88. The van der Waals surface area contributed by atoms with Crippen LogP contribution in [0.4, 0.5) is 0 Å². The molecule has 4 rings (SSSR count). The average Bonchev–Trinajstić information content (AvgIpc) is 3.47. The number of hydrogen-bond acceptors (Lipinski definition) is 7. The van der Waals surface area contributed by atoms with Crippen molar-refractivity contribution in [1.29, 1.82) is 0 Å². The Morgan fingerprint density at radius 2 is 2.16 bits per heavy atom. The van der Waals surface area contributed by atoms with Crippen LogP contribution in [0, 0.1) is 5.92 Å². The number of nitrogens with zero attached hydrogens (tertiary/aromatic N) is 3. The normalized spacial score (nSPS) is 21.8. The van der Waals surface area contributed by atoms with E-state index in [1.54, 1.807) is 13.4 Å². The number of aromatic nitrogens is 3. The van der Waals surface area contributed by atoms with Crippen LogP contribution in [0.25, 0.3) is 0 Å². The Morgan fingerprint density at radius 3 is 2.81 bits per heavy atom. The zero-order chi connectivity index (χ0) is 22.7. The first-order valence-corrected chi connectivity index (χ1v) is 12.2. The lowest BCUT2D eigenvalue weighted by molar-refractivity contribution is -0.166. The maximum absolute atomic E-state index is 13.1. The van der Waals surface area contributed by atoms with Crippen molar-refractivity contribution >= 4 is 29.3 Å². The fourth-order valence-corrected chi connectivity index (χ4v) is 5.88. The highest BCUT2D eigenvalue weighted by atomic mass is 35.5. The minimum absolute atomic E-state index is 0.0802. The molecule has 1 atom stereocenters. The summed E-state index contributed by atoms with van der Waals surface area (Å²) in [6.45, 7) is 2.65. The molecule has 32 heavy (non-hydrogen) atoms. The Hall–Kier alpha value is -2.19. The van der Waals surface area contributed by atoms with Gasteiger partial charge in [-0.3, -0.25) is 0 Å². The van der Waals surface area contributed by atoms with Crippen LogP contribution >= 0.6 is 23.4 Å². The number of aliphatic hydroxyl groups excluding tert-OH is 1. The molecule has 9 heteroatoms. The summed E-state index contributed by atoms with van der Waals surface area (Å²) in [6, 6.07) is 5.72. The molecule has 1 unspecified atom stereocenters. The molecule has 2 aromatic rings. The summed E-state index contributed by atoms with van der Waals surface area (Å²) >= 11 is 7.41. The fraction of sp³-hybridized carbons (Fsp3) is 0.522. The molecule has 0 amide bonds. The minimum atomic E-state index is -0.716. The molecule has 1 N–H and O–H groups in total. The standard InChI is InChI=1S/C23H28ClN3O4S/c1-3-27-14-25-26-22(27)32-20-18(28)13-23(31-21(20)29,16-6-4-5-7-16)11-10-15-8-9-19(30-2)17(24)12-15/h8-9,12,14,16,28H,3-7,10-11,13H2,1-2H3. The van der Waals surface area contributed by atoms with Gasteiger partial charge < -0.3 is 19.1 Å². The summed E-state index contributed by atoms with van der Waals surface area (Å²) in [5.41, 5.74) is 0.330. The van der Waals surface area contributed by atoms with Crippen LogP contribution in [-0.2, 0) is 22.5 Å². The zero-order valence-corrected chi connectivity index (χ0v) is 19.9. The molecular formula is C23H28ClN3O4S. The van der Waals surface area contributed by atoms with Crippen molar-refractivity contribution in [2.24, 2.45) is 5.92 Å². The van der Waals surface area contributed by atoms with Gasteiger partial charge >= 0.3 is 5.97 Å². The van der Waals surface area contributed by atoms with Crippen molar-refractivity contribution < 1.29 is 19.4 Å². The van der Waals surface area contributed by atoms with Crippen molar-refractivity contribution in [2.45, 2.75) is 69.2 Å². The molecule has 172 valence electrons. The summed E-state index contributed by atoms with van der Waals surface area (Å²) in [5, 5.41) is 20.1. The first-order valence-electron chi connectivity index (χ1n) is 11.0. The first-order chi connectivity index (χ1) is 15.5. The van der Waals surface area contributed by atoms with Crippen molar-refractivity contribution in [1.82, 2.24) is 14.8 Å². The number of halogens is 1. The monoisotopic (exact) mass is 477 g/mol. The molecule has 7 nitrogen and oxygen atoms in total. The van der Waals surface area contributed by atoms with E-state index in [0.717, 1.165) is 43.0 Å². The molecule has 1 fully saturated rings. The first kappa shape index (κ1) is 23.0. The molecular weight excluding hydrogens is 450 g/mol. The lowest BCUT2D eigenvalue weighted by atomic mass is 9.77. The van der Waals surface area contributed by atoms with Crippen molar-refractivity contribution in [3.63, 3.8) is 0 Å². The Labute approximate surface area is 197 Å². The van der Waals surface area contributed by atoms with Gasteiger partial charge in [-0.2, -0.15) is 0 Å². The number of cyclic esters (lactones) is 1. The van der Waals surface area contributed by atoms with Crippen LogP contribution in [0.15, 0.2) is 40.3 Å². The Kier molecular flexibility index (Phi) is 7.00. The highest BCUT2D eigenvalue weighted by Crippen LogP contribution is 2.47. The van der Waals surface area contributed by atoms with E-state index in [0.29, 0.717) is 41.7 Å². The summed E-state index contributed by atoms with van der Waals surface area (Å²) in [5.74, 6) is 0.459. The smallest absolute Gasteiger partial charge is 0.349 e. The molecule has 2 heterocycles. The van der Waals surface area contributed by atoms with Gasteiger partial charge in [-0.1, -0.05) is 30.5 Å². The molecule has 1 aliphatic heterocycles. The second-order valence-corrected chi connectivity index (χ2v) is 9.74. The predicted molar refractivity (Wildman–Crippen MR) is 123 cm³/mol. The number of rotatable bonds is 8. The number of carbonyl (C=O) groups excluding carboxylic acids is 1. The van der Waals surface area contributed by atoms with Gasteiger partial charge in [-0.15, -0.1) is 10.2 Å². The number of benzene rings is 1. The third-order valence-electron chi connectivity index (χ3n) is 6.48. The van der Waals surface area contributed by atoms with E-state index in [1.165, 1.54) is 0 Å². The summed E-state index contributed by atoms with van der Waals surface area (Å²) in [4.78, 5) is 13.3. The maximum Gasteiger partial charge on any atom is 0.349 e. The fourth-order valence-electron chi connectivity index (χ4n) is 4.73. The number of hydrogen-bond donors (Lipinski definition) is 1. The summed E-state index contributed by atoms with van der Waals surface area (Å²) < 4.78 is 13.2. The van der Waals surface area contributed by atoms with E-state index in [4.69, 9.17) is 21.1 Å². The lowest BCUT2D eigenvalue weighted by Gasteiger charge is -2.41. The number of methoxy groups -OCH3 is 1. The van der Waals surface area contributed by atoms with Crippen molar-refractivity contribution in [3.05, 3.63) is 45.8 Å². The molecule has 0 spiro atoms.